The molecule has 7 nitrogen and oxygen atoms in total. The molecule has 0 aliphatic heterocycles. The maximum absolute atomic E-state index is 13.5. The molecular formula is C27H32N4O3S. The van der Waals surface area contributed by atoms with Crippen LogP contribution in [0.3, 0.4) is 0 Å². The highest BCUT2D eigenvalue weighted by Crippen LogP contribution is 2.28. The molecular weight excluding hydrogens is 460 g/mol. The molecule has 0 atom stereocenters. The molecule has 0 unspecified atom stereocenters. The summed E-state index contributed by atoms with van der Waals surface area (Å²) in [6.45, 7) is 9.39. The first-order valence-corrected chi connectivity index (χ1v) is 13.0. The Morgan fingerprint density at radius 3 is 2.20 bits per heavy atom. The Morgan fingerprint density at radius 1 is 0.914 bits per heavy atom. The van der Waals surface area contributed by atoms with Crippen molar-refractivity contribution in [3.8, 4) is 0 Å². The van der Waals surface area contributed by atoms with E-state index >= 15 is 0 Å². The summed E-state index contributed by atoms with van der Waals surface area (Å²) in [5, 5.41) is 4.04. The molecule has 0 aliphatic carbocycles. The smallest absolute Gasteiger partial charge is 0.264 e. The molecule has 0 fully saturated rings. The van der Waals surface area contributed by atoms with Crippen molar-refractivity contribution in [2.45, 2.75) is 32.6 Å². The van der Waals surface area contributed by atoms with Crippen LogP contribution >= 0.6 is 0 Å². The van der Waals surface area contributed by atoms with Crippen LogP contribution < -0.4 is 14.6 Å². The van der Waals surface area contributed by atoms with Crippen molar-refractivity contribution in [2.24, 2.45) is 5.10 Å². The van der Waals surface area contributed by atoms with E-state index in [-0.39, 0.29) is 4.90 Å². The van der Waals surface area contributed by atoms with Crippen molar-refractivity contribution >= 4 is 33.5 Å². The van der Waals surface area contributed by atoms with Gasteiger partial charge in [0, 0.05) is 18.8 Å². The number of aryl methyl sites for hydroxylation is 1. The molecule has 3 aromatic rings. The lowest BCUT2D eigenvalue weighted by Crippen LogP contribution is -2.40. The van der Waals surface area contributed by atoms with E-state index in [1.807, 2.05) is 44.2 Å². The van der Waals surface area contributed by atoms with Gasteiger partial charge in [-0.25, -0.2) is 13.8 Å². The van der Waals surface area contributed by atoms with Crippen LogP contribution in [0.2, 0.25) is 0 Å². The number of hydrogen-bond donors (Lipinski definition) is 1. The normalized spacial score (nSPS) is 11.4. The van der Waals surface area contributed by atoms with E-state index in [4.69, 9.17) is 0 Å². The zero-order chi connectivity index (χ0) is 25.4. The lowest BCUT2D eigenvalue weighted by Gasteiger charge is -2.26. The lowest BCUT2D eigenvalue weighted by atomic mass is 10.1. The van der Waals surface area contributed by atoms with Gasteiger partial charge >= 0.3 is 0 Å². The summed E-state index contributed by atoms with van der Waals surface area (Å²) in [4.78, 5) is 15.1. The summed E-state index contributed by atoms with van der Waals surface area (Å²) in [6, 6.07) is 21.3. The summed E-state index contributed by atoms with van der Waals surface area (Å²) in [5.41, 5.74) is 6.58. The summed E-state index contributed by atoms with van der Waals surface area (Å²) in [5.74, 6) is -0.540. The second-order valence-electron chi connectivity index (χ2n) is 8.10. The van der Waals surface area contributed by atoms with Crippen molar-refractivity contribution in [3.05, 3.63) is 89.5 Å². The van der Waals surface area contributed by atoms with E-state index in [0.29, 0.717) is 5.69 Å². The van der Waals surface area contributed by atoms with E-state index in [0.717, 1.165) is 39.8 Å². The number of benzene rings is 3. The van der Waals surface area contributed by atoms with E-state index in [9.17, 15) is 13.2 Å². The topological polar surface area (TPSA) is 82.1 Å². The van der Waals surface area contributed by atoms with Crippen LogP contribution in [0.15, 0.2) is 82.8 Å². The lowest BCUT2D eigenvalue weighted by molar-refractivity contribution is -0.119. The standard InChI is InChI=1S/C27H32N4O3S/c1-5-30(6-2)24-17-15-23(16-18-24)19-28-29-27(32)20-31(26-14-10-11-21(3)22(26)4)35(33,34)25-12-8-7-9-13-25/h7-19H,5-6,20H2,1-4H3,(H,29,32)/b28-19+. The van der Waals surface area contributed by atoms with Gasteiger partial charge in [-0.1, -0.05) is 42.5 Å². The molecule has 0 radical (unpaired) electrons. The minimum atomic E-state index is -3.97. The predicted molar refractivity (Wildman–Crippen MR) is 143 cm³/mol. The molecule has 1 amide bonds. The minimum absolute atomic E-state index is 0.116. The Kier molecular flexibility index (Phi) is 8.65. The zero-order valence-electron chi connectivity index (χ0n) is 20.6. The van der Waals surface area contributed by atoms with E-state index in [1.54, 1.807) is 30.3 Å². The van der Waals surface area contributed by atoms with E-state index in [1.165, 1.54) is 18.3 Å². The van der Waals surface area contributed by atoms with Gasteiger partial charge in [-0.3, -0.25) is 9.10 Å². The molecule has 0 heterocycles. The Morgan fingerprint density at radius 2 is 1.57 bits per heavy atom. The second-order valence-corrected chi connectivity index (χ2v) is 9.96. The predicted octanol–water partition coefficient (Wildman–Crippen LogP) is 4.50. The molecule has 0 spiro atoms. The molecule has 3 rings (SSSR count). The van der Waals surface area contributed by atoms with Gasteiger partial charge in [0.1, 0.15) is 6.54 Å². The summed E-state index contributed by atoms with van der Waals surface area (Å²) >= 11 is 0. The van der Waals surface area contributed by atoms with Gasteiger partial charge in [0.05, 0.1) is 16.8 Å². The van der Waals surface area contributed by atoms with Gasteiger partial charge < -0.3 is 4.90 Å². The fraction of sp³-hybridized carbons (Fsp3) is 0.259. The first-order chi connectivity index (χ1) is 16.8. The first-order valence-electron chi connectivity index (χ1n) is 11.6. The zero-order valence-corrected chi connectivity index (χ0v) is 21.4. The molecule has 0 aromatic heterocycles. The third-order valence-corrected chi connectivity index (χ3v) is 7.66. The fourth-order valence-electron chi connectivity index (χ4n) is 3.73. The number of hydrogen-bond acceptors (Lipinski definition) is 5. The van der Waals surface area contributed by atoms with Gasteiger partial charge in [0.2, 0.25) is 0 Å². The largest absolute Gasteiger partial charge is 0.372 e. The van der Waals surface area contributed by atoms with E-state index < -0.39 is 22.5 Å². The Bertz CT molecular complexity index is 1270. The summed E-state index contributed by atoms with van der Waals surface area (Å²) in [7, 11) is -3.97. The third kappa shape index (κ3) is 6.27. The first kappa shape index (κ1) is 26.0. The maximum Gasteiger partial charge on any atom is 0.264 e. The maximum atomic E-state index is 13.5. The summed E-state index contributed by atoms with van der Waals surface area (Å²) in [6.07, 6.45) is 1.54. The van der Waals surface area contributed by atoms with Crippen molar-refractivity contribution < 1.29 is 13.2 Å². The van der Waals surface area contributed by atoms with Crippen LogP contribution in [0.4, 0.5) is 11.4 Å². The van der Waals surface area contributed by atoms with Gasteiger partial charge in [-0.05, 0) is 74.7 Å². The highest BCUT2D eigenvalue weighted by molar-refractivity contribution is 7.92. The molecule has 35 heavy (non-hydrogen) atoms. The fourth-order valence-corrected chi connectivity index (χ4v) is 5.23. The molecule has 3 aromatic carbocycles. The average molecular weight is 493 g/mol. The number of nitrogens with one attached hydrogen (secondary N) is 1. The SMILES string of the molecule is CCN(CC)c1ccc(/C=N/NC(=O)CN(c2cccc(C)c2C)S(=O)(=O)c2ccccc2)cc1. The van der Waals surface area contributed by atoms with Crippen molar-refractivity contribution in [2.75, 3.05) is 28.8 Å². The number of hydrazone groups is 1. The van der Waals surface area contributed by atoms with Gasteiger partial charge in [0.25, 0.3) is 15.9 Å². The van der Waals surface area contributed by atoms with Crippen LogP contribution in [0.1, 0.15) is 30.5 Å². The van der Waals surface area contributed by atoms with Crippen LogP contribution in [-0.2, 0) is 14.8 Å². The highest BCUT2D eigenvalue weighted by Gasteiger charge is 2.28. The van der Waals surface area contributed by atoms with Gasteiger partial charge in [-0.15, -0.1) is 0 Å². The number of carbonyl (C=O) groups is 1. The molecule has 0 bridgehead atoms. The number of carbonyl (C=O) groups excluding carboxylic acids is 1. The molecule has 0 saturated heterocycles. The quantitative estimate of drug-likeness (QED) is 0.334. The van der Waals surface area contributed by atoms with Crippen LogP contribution in [0.5, 0.6) is 0 Å². The number of nitrogens with zero attached hydrogens (tertiary/aromatic N) is 3. The van der Waals surface area contributed by atoms with Crippen LogP contribution in [-0.4, -0.2) is 40.2 Å². The summed E-state index contributed by atoms with van der Waals surface area (Å²) < 4.78 is 28.1. The number of anilines is 2. The number of rotatable bonds is 10. The number of amides is 1. The molecule has 0 saturated carbocycles. The Hall–Kier alpha value is -3.65. The van der Waals surface area contributed by atoms with Crippen molar-refractivity contribution in [1.29, 1.82) is 0 Å². The monoisotopic (exact) mass is 492 g/mol. The third-order valence-electron chi connectivity index (χ3n) is 5.89. The highest BCUT2D eigenvalue weighted by atomic mass is 32.2. The molecule has 8 heteroatoms. The Labute approximate surface area is 208 Å². The molecule has 1 N–H and O–H groups in total. The molecule has 0 aliphatic rings. The van der Waals surface area contributed by atoms with Crippen molar-refractivity contribution in [1.82, 2.24) is 5.43 Å². The van der Waals surface area contributed by atoms with E-state index in [2.05, 4.69) is 29.3 Å². The second kappa shape index (κ2) is 11.7. The average Bonchev–Trinajstić information content (AvgIpc) is 2.86. The Balaban J connectivity index is 1.79. The number of sulfonamides is 1. The van der Waals surface area contributed by atoms with Gasteiger partial charge in [-0.2, -0.15) is 5.10 Å². The minimum Gasteiger partial charge on any atom is -0.372 e. The van der Waals surface area contributed by atoms with Crippen LogP contribution in [0.25, 0.3) is 0 Å². The van der Waals surface area contributed by atoms with Gasteiger partial charge in [0.15, 0.2) is 0 Å². The van der Waals surface area contributed by atoms with Crippen molar-refractivity contribution in [3.63, 3.8) is 0 Å². The molecule has 184 valence electrons. The van der Waals surface area contributed by atoms with Crippen LogP contribution in [0, 0.1) is 13.8 Å².